The smallest absolute Gasteiger partial charge is 0.238 e. The van der Waals surface area contributed by atoms with Crippen LogP contribution in [-0.2, 0) is 4.79 Å². The minimum absolute atomic E-state index is 0.0321. The van der Waals surface area contributed by atoms with Gasteiger partial charge >= 0.3 is 0 Å². The minimum Gasteiger partial charge on any atom is -0.352 e. The molecule has 0 saturated heterocycles. The first-order chi connectivity index (χ1) is 7.24. The van der Waals surface area contributed by atoms with E-state index in [-0.39, 0.29) is 11.3 Å². The van der Waals surface area contributed by atoms with Crippen LogP contribution in [0.25, 0.3) is 0 Å². The Kier molecular flexibility index (Phi) is 6.50. The molecule has 1 aliphatic rings. The Bertz CT molecular complexity index is 195. The molecule has 0 aromatic rings. The first-order valence-electron chi connectivity index (χ1n) is 5.67. The number of carbonyl (C=O) groups is 1. The topological polar surface area (TPSA) is 29.1 Å². The minimum atomic E-state index is -0.335. The van der Waals surface area contributed by atoms with Gasteiger partial charge in [0.25, 0.3) is 0 Å². The molecule has 1 rings (SSSR count). The molecule has 0 aromatic heterocycles. The van der Waals surface area contributed by atoms with Crippen LogP contribution in [0, 0.1) is 0 Å². The second kappa shape index (κ2) is 7.39. The molecule has 1 atom stereocenters. The van der Waals surface area contributed by atoms with Crippen LogP contribution in [-0.4, -0.2) is 29.3 Å². The van der Waals surface area contributed by atoms with E-state index in [0.717, 1.165) is 31.4 Å². The zero-order valence-corrected chi connectivity index (χ0v) is 10.9. The number of hydrogen-bond donors (Lipinski definition) is 1. The van der Waals surface area contributed by atoms with Gasteiger partial charge in [-0.25, -0.2) is 0 Å². The van der Waals surface area contributed by atoms with Crippen molar-refractivity contribution in [2.75, 3.05) is 12.0 Å². The van der Waals surface area contributed by atoms with Gasteiger partial charge in [0.15, 0.2) is 0 Å². The van der Waals surface area contributed by atoms with E-state index in [0.29, 0.717) is 6.04 Å². The lowest BCUT2D eigenvalue weighted by Gasteiger charge is -2.15. The van der Waals surface area contributed by atoms with Crippen LogP contribution in [0.15, 0.2) is 0 Å². The van der Waals surface area contributed by atoms with Crippen LogP contribution in [0.1, 0.15) is 38.5 Å². The molecule has 15 heavy (non-hydrogen) atoms. The van der Waals surface area contributed by atoms with Gasteiger partial charge in [0.2, 0.25) is 5.91 Å². The summed E-state index contributed by atoms with van der Waals surface area (Å²) in [5.41, 5.74) is 0. The summed E-state index contributed by atoms with van der Waals surface area (Å²) >= 11 is 7.82. The van der Waals surface area contributed by atoms with E-state index < -0.39 is 0 Å². The molecule has 4 heteroatoms. The Morgan fingerprint density at radius 1 is 1.53 bits per heavy atom. The predicted octanol–water partition coefficient (Wildman–Crippen LogP) is 2.80. The number of alkyl halides is 1. The molecule has 0 aromatic carbocycles. The van der Waals surface area contributed by atoms with Crippen molar-refractivity contribution in [2.45, 2.75) is 49.9 Å². The molecule has 2 nitrogen and oxygen atoms in total. The summed E-state index contributed by atoms with van der Waals surface area (Å²) in [5.74, 6) is 1.12. The van der Waals surface area contributed by atoms with Crippen LogP contribution in [0.4, 0.5) is 0 Å². The van der Waals surface area contributed by atoms with E-state index in [4.69, 9.17) is 11.6 Å². The maximum absolute atomic E-state index is 11.6. The van der Waals surface area contributed by atoms with Crippen LogP contribution in [0.5, 0.6) is 0 Å². The normalized spacial score (nSPS) is 19.1. The fourth-order valence-electron chi connectivity index (χ4n) is 1.90. The van der Waals surface area contributed by atoms with Gasteiger partial charge < -0.3 is 5.32 Å². The summed E-state index contributed by atoms with van der Waals surface area (Å²) in [7, 11) is 0. The molecule has 1 N–H and O–H groups in total. The van der Waals surface area contributed by atoms with Crippen molar-refractivity contribution in [3.8, 4) is 0 Å². The van der Waals surface area contributed by atoms with Gasteiger partial charge in [-0.3, -0.25) is 4.79 Å². The largest absolute Gasteiger partial charge is 0.352 e. The van der Waals surface area contributed by atoms with Crippen LogP contribution in [0.2, 0.25) is 0 Å². The Balaban J connectivity index is 2.14. The van der Waals surface area contributed by atoms with Gasteiger partial charge in [-0.1, -0.05) is 12.8 Å². The maximum Gasteiger partial charge on any atom is 0.238 e. The van der Waals surface area contributed by atoms with Crippen molar-refractivity contribution in [1.82, 2.24) is 5.32 Å². The first-order valence-corrected chi connectivity index (χ1v) is 7.50. The zero-order valence-electron chi connectivity index (χ0n) is 9.30. The Morgan fingerprint density at radius 3 is 2.80 bits per heavy atom. The van der Waals surface area contributed by atoms with Gasteiger partial charge in [0.1, 0.15) is 5.38 Å². The Hall–Kier alpha value is 0.110. The van der Waals surface area contributed by atoms with E-state index in [9.17, 15) is 4.79 Å². The summed E-state index contributed by atoms with van der Waals surface area (Å²) in [5, 5.41) is 2.69. The van der Waals surface area contributed by atoms with E-state index in [1.54, 1.807) is 11.8 Å². The average Bonchev–Trinajstić information content (AvgIpc) is 2.70. The second-order valence-corrected chi connectivity index (χ2v) is 5.60. The van der Waals surface area contributed by atoms with Gasteiger partial charge in [0.05, 0.1) is 0 Å². The summed E-state index contributed by atoms with van der Waals surface area (Å²) in [4.78, 5) is 11.6. The summed E-state index contributed by atoms with van der Waals surface area (Å²) in [6, 6.07) is 0.388. The lowest BCUT2D eigenvalue weighted by molar-refractivity contribution is -0.121. The summed E-state index contributed by atoms with van der Waals surface area (Å²) in [6.45, 7) is 0. The van der Waals surface area contributed by atoms with Gasteiger partial charge in [-0.15, -0.1) is 11.6 Å². The van der Waals surface area contributed by atoms with Gasteiger partial charge in [-0.05, 0) is 37.7 Å². The summed E-state index contributed by atoms with van der Waals surface area (Å²) in [6.07, 6.45) is 8.62. The molecule has 0 heterocycles. The third-order valence-corrected chi connectivity index (χ3v) is 3.91. The average molecular weight is 250 g/mol. The van der Waals surface area contributed by atoms with Crippen molar-refractivity contribution < 1.29 is 4.79 Å². The van der Waals surface area contributed by atoms with Crippen molar-refractivity contribution >= 4 is 29.3 Å². The molecule has 0 spiro atoms. The van der Waals surface area contributed by atoms with Crippen LogP contribution >= 0.6 is 23.4 Å². The monoisotopic (exact) mass is 249 g/mol. The third kappa shape index (κ3) is 5.12. The highest BCUT2D eigenvalue weighted by atomic mass is 35.5. The van der Waals surface area contributed by atoms with Crippen molar-refractivity contribution in [3.05, 3.63) is 0 Å². The quantitative estimate of drug-likeness (QED) is 0.579. The molecule has 1 aliphatic carbocycles. The molecular weight excluding hydrogens is 230 g/mol. The molecule has 0 aliphatic heterocycles. The highest BCUT2D eigenvalue weighted by molar-refractivity contribution is 7.98. The third-order valence-electron chi connectivity index (χ3n) is 2.79. The molecule has 1 unspecified atom stereocenters. The van der Waals surface area contributed by atoms with Crippen molar-refractivity contribution in [1.29, 1.82) is 0 Å². The zero-order chi connectivity index (χ0) is 11.1. The first kappa shape index (κ1) is 13.2. The van der Waals surface area contributed by atoms with E-state index in [1.807, 2.05) is 0 Å². The van der Waals surface area contributed by atoms with Crippen LogP contribution in [0.3, 0.4) is 0 Å². The van der Waals surface area contributed by atoms with Gasteiger partial charge in [-0.2, -0.15) is 11.8 Å². The molecule has 1 saturated carbocycles. The Labute approximate surface area is 102 Å². The number of carbonyl (C=O) groups excluding carboxylic acids is 1. The second-order valence-electron chi connectivity index (χ2n) is 4.09. The highest BCUT2D eigenvalue weighted by Crippen LogP contribution is 2.18. The number of hydrogen-bond acceptors (Lipinski definition) is 2. The fraction of sp³-hybridized carbons (Fsp3) is 0.909. The molecule has 88 valence electrons. The highest BCUT2D eigenvalue weighted by Gasteiger charge is 2.21. The van der Waals surface area contributed by atoms with E-state index >= 15 is 0 Å². The van der Waals surface area contributed by atoms with Crippen molar-refractivity contribution in [3.63, 3.8) is 0 Å². The van der Waals surface area contributed by atoms with Crippen molar-refractivity contribution in [2.24, 2.45) is 0 Å². The number of thioether (sulfide) groups is 1. The SMILES string of the molecule is CSCCCC(Cl)C(=O)NC1CCCC1. The lowest BCUT2D eigenvalue weighted by atomic mass is 10.2. The van der Waals surface area contributed by atoms with E-state index in [1.165, 1.54) is 12.8 Å². The Morgan fingerprint density at radius 2 is 2.20 bits per heavy atom. The predicted molar refractivity (Wildman–Crippen MR) is 67.7 cm³/mol. The van der Waals surface area contributed by atoms with Crippen LogP contribution < -0.4 is 5.32 Å². The molecule has 0 radical (unpaired) electrons. The molecular formula is C11H20ClNOS. The number of rotatable bonds is 6. The van der Waals surface area contributed by atoms with E-state index in [2.05, 4.69) is 11.6 Å². The van der Waals surface area contributed by atoms with Gasteiger partial charge in [0, 0.05) is 6.04 Å². The number of nitrogens with one attached hydrogen (secondary N) is 1. The molecule has 1 fully saturated rings. The summed E-state index contributed by atoms with van der Waals surface area (Å²) < 4.78 is 0. The molecule has 1 amide bonds. The lowest BCUT2D eigenvalue weighted by Crippen LogP contribution is -2.38. The number of halogens is 1. The number of amides is 1. The standard InChI is InChI=1S/C11H20ClNOS/c1-15-8-4-7-10(12)11(14)13-9-5-2-3-6-9/h9-10H,2-8H2,1H3,(H,13,14). The molecule has 0 bridgehead atoms. The maximum atomic E-state index is 11.6. The fourth-order valence-corrected chi connectivity index (χ4v) is 2.57.